The van der Waals surface area contributed by atoms with Gasteiger partial charge in [-0.25, -0.2) is 0 Å². The van der Waals surface area contributed by atoms with Crippen molar-refractivity contribution in [3.8, 4) is 33.4 Å². The van der Waals surface area contributed by atoms with Crippen LogP contribution in [0.5, 0.6) is 0 Å². The fourth-order valence-corrected chi connectivity index (χ4v) is 4.12. The minimum absolute atomic E-state index is 0. The van der Waals surface area contributed by atoms with E-state index in [-0.39, 0.29) is 5.48 Å². The molecule has 46 heavy (non-hydrogen) atoms. The molecular weight excluding hydrogens is 597 g/mol. The molecular formula is C36H38N6O3S. The summed E-state index contributed by atoms with van der Waals surface area (Å²) < 4.78 is 16.6. The van der Waals surface area contributed by atoms with Gasteiger partial charge in [-0.05, 0) is 81.9 Å². The second-order valence-corrected chi connectivity index (χ2v) is 9.87. The molecule has 0 atom stereocenters. The van der Waals surface area contributed by atoms with Crippen molar-refractivity contribution < 1.29 is 13.9 Å². The summed E-state index contributed by atoms with van der Waals surface area (Å²) in [7, 11) is 0. The van der Waals surface area contributed by atoms with Crippen molar-refractivity contribution in [1.29, 1.82) is 0 Å². The molecule has 0 spiro atoms. The summed E-state index contributed by atoms with van der Waals surface area (Å²) in [5, 5.41) is 0. The third kappa shape index (κ3) is 11.2. The van der Waals surface area contributed by atoms with E-state index in [1.165, 1.54) is 0 Å². The van der Waals surface area contributed by atoms with Crippen LogP contribution in [-0.4, -0.2) is 13.9 Å². The lowest BCUT2D eigenvalue weighted by Gasteiger charge is -2.04. The van der Waals surface area contributed by atoms with E-state index < -0.39 is 11.6 Å². The number of benzene rings is 6. The fourth-order valence-electron chi connectivity index (χ4n) is 4.12. The predicted octanol–water partition coefficient (Wildman–Crippen LogP) is 6.06. The summed E-state index contributed by atoms with van der Waals surface area (Å²) in [5.74, 6) is 0. The molecule has 0 heterocycles. The Labute approximate surface area is 272 Å². The molecule has 0 unspecified atom stereocenters. The van der Waals surface area contributed by atoms with Crippen molar-refractivity contribution in [3.63, 3.8) is 0 Å². The Hall–Kier alpha value is -6.10. The smallest absolute Gasteiger partial charge is 0.335 e. The van der Waals surface area contributed by atoms with Crippen LogP contribution in [0.4, 0.5) is 34.1 Å². The molecule has 0 aromatic heterocycles. The SMILES string of the molecule is Nc1ccc(-c2ccc(N)cc2)cc1.Nc1ccc(-c2ccccc2)cc1N.Nc1ccc(-c2ccccc2)cc1N.O.O=S=O. The Bertz CT molecular complexity index is 1680. The topological polar surface area (TPSA) is 222 Å². The molecule has 236 valence electrons. The maximum atomic E-state index is 8.29. The lowest BCUT2D eigenvalue weighted by atomic mass is 10.0. The summed E-state index contributed by atoms with van der Waals surface area (Å²) in [5.41, 5.74) is 44.8. The van der Waals surface area contributed by atoms with Gasteiger partial charge in [0.2, 0.25) is 0 Å². The molecule has 6 aromatic carbocycles. The van der Waals surface area contributed by atoms with Gasteiger partial charge in [-0.15, -0.1) is 0 Å². The number of hydrogen-bond acceptors (Lipinski definition) is 8. The van der Waals surface area contributed by atoms with E-state index >= 15 is 0 Å². The molecule has 0 saturated carbocycles. The minimum atomic E-state index is -0.750. The van der Waals surface area contributed by atoms with Crippen LogP contribution in [0.25, 0.3) is 33.4 Å². The Kier molecular flexibility index (Phi) is 14.5. The van der Waals surface area contributed by atoms with Gasteiger partial charge in [0.25, 0.3) is 0 Å². The van der Waals surface area contributed by atoms with Gasteiger partial charge in [-0.3, -0.25) is 0 Å². The highest BCUT2D eigenvalue weighted by molar-refractivity contribution is 7.51. The van der Waals surface area contributed by atoms with Crippen molar-refractivity contribution in [2.24, 2.45) is 0 Å². The molecule has 0 bridgehead atoms. The number of nitrogens with two attached hydrogens (primary N) is 6. The zero-order valence-corrected chi connectivity index (χ0v) is 25.9. The van der Waals surface area contributed by atoms with Gasteiger partial charge in [0.15, 0.2) is 0 Å². The normalized spacial score (nSPS) is 9.39. The zero-order valence-electron chi connectivity index (χ0n) is 25.0. The van der Waals surface area contributed by atoms with Gasteiger partial charge < -0.3 is 39.9 Å². The van der Waals surface area contributed by atoms with Crippen LogP contribution in [0.2, 0.25) is 0 Å². The standard InChI is InChI=1S/3C12H12N2.O2S.H2O/c13-11-5-1-9(2-6-11)10-3-7-12(14)8-4-10;2*13-11-7-6-10(8-12(11)14)9-4-2-1-3-5-9;1-3-2;/h3*1-8H,13-14H2;;1H2. The first kappa shape index (κ1) is 36.1. The quantitative estimate of drug-likeness (QED) is 0.125. The van der Waals surface area contributed by atoms with Crippen molar-refractivity contribution >= 4 is 45.7 Å². The van der Waals surface area contributed by atoms with E-state index in [9.17, 15) is 0 Å². The summed E-state index contributed by atoms with van der Waals surface area (Å²) >= 11 is -0.750. The minimum Gasteiger partial charge on any atom is -0.412 e. The monoisotopic (exact) mass is 634 g/mol. The highest BCUT2D eigenvalue weighted by atomic mass is 32.1. The van der Waals surface area contributed by atoms with Crippen molar-refractivity contribution in [2.75, 3.05) is 34.4 Å². The zero-order chi connectivity index (χ0) is 32.6. The van der Waals surface area contributed by atoms with E-state index in [0.717, 1.165) is 44.8 Å². The molecule has 0 fully saturated rings. The molecule has 0 radical (unpaired) electrons. The molecule has 0 aliphatic carbocycles. The Balaban J connectivity index is 0.000000228. The lowest BCUT2D eigenvalue weighted by molar-refractivity contribution is 0.630. The molecule has 10 heteroatoms. The summed E-state index contributed by atoms with van der Waals surface area (Å²) in [6.07, 6.45) is 0. The molecule has 9 nitrogen and oxygen atoms in total. The second-order valence-electron chi connectivity index (χ2n) is 9.73. The van der Waals surface area contributed by atoms with E-state index in [1.54, 1.807) is 0 Å². The molecule has 6 rings (SSSR count). The largest absolute Gasteiger partial charge is 0.412 e. The van der Waals surface area contributed by atoms with Crippen LogP contribution in [0.15, 0.2) is 146 Å². The van der Waals surface area contributed by atoms with Gasteiger partial charge >= 0.3 is 11.6 Å². The average Bonchev–Trinajstić information content (AvgIpc) is 3.06. The first-order chi connectivity index (χ1) is 21.7. The molecule has 0 amide bonds. The van der Waals surface area contributed by atoms with Crippen molar-refractivity contribution in [1.82, 2.24) is 0 Å². The maximum absolute atomic E-state index is 8.29. The van der Waals surface area contributed by atoms with E-state index in [1.807, 2.05) is 146 Å². The summed E-state index contributed by atoms with van der Waals surface area (Å²) in [6.45, 7) is 0. The number of hydrogen-bond donors (Lipinski definition) is 6. The van der Waals surface area contributed by atoms with Crippen molar-refractivity contribution in [2.45, 2.75) is 0 Å². The first-order valence-corrected chi connectivity index (χ1v) is 14.4. The molecule has 0 aliphatic heterocycles. The Morgan fingerprint density at radius 1 is 0.326 bits per heavy atom. The molecule has 0 aliphatic rings. The third-order valence-electron chi connectivity index (χ3n) is 6.54. The lowest BCUT2D eigenvalue weighted by Crippen LogP contribution is -1.94. The van der Waals surface area contributed by atoms with Gasteiger partial charge in [0, 0.05) is 11.4 Å². The maximum Gasteiger partial charge on any atom is 0.335 e. The van der Waals surface area contributed by atoms with Crippen LogP contribution < -0.4 is 34.4 Å². The van der Waals surface area contributed by atoms with Crippen LogP contribution >= 0.6 is 0 Å². The number of rotatable bonds is 3. The van der Waals surface area contributed by atoms with Gasteiger partial charge in [-0.2, -0.15) is 8.42 Å². The number of nitrogen functional groups attached to an aromatic ring is 6. The van der Waals surface area contributed by atoms with Crippen LogP contribution in [-0.2, 0) is 11.6 Å². The summed E-state index contributed by atoms with van der Waals surface area (Å²) in [4.78, 5) is 0. The number of anilines is 6. The highest BCUT2D eigenvalue weighted by Crippen LogP contribution is 2.26. The molecule has 0 saturated heterocycles. The van der Waals surface area contributed by atoms with Crippen LogP contribution in [0.3, 0.4) is 0 Å². The highest BCUT2D eigenvalue weighted by Gasteiger charge is 2.00. The Morgan fingerprint density at radius 3 is 0.870 bits per heavy atom. The summed E-state index contributed by atoms with van der Waals surface area (Å²) in [6, 6.07) is 47.2. The third-order valence-corrected chi connectivity index (χ3v) is 6.54. The van der Waals surface area contributed by atoms with Gasteiger partial charge in [0.05, 0.1) is 22.7 Å². The van der Waals surface area contributed by atoms with Crippen molar-refractivity contribution in [3.05, 3.63) is 146 Å². The average molecular weight is 635 g/mol. The van der Waals surface area contributed by atoms with E-state index in [4.69, 9.17) is 42.8 Å². The predicted molar refractivity (Wildman–Crippen MR) is 195 cm³/mol. The Morgan fingerprint density at radius 2 is 0.587 bits per heavy atom. The van der Waals surface area contributed by atoms with Crippen LogP contribution in [0, 0.1) is 0 Å². The van der Waals surface area contributed by atoms with E-state index in [2.05, 4.69) is 0 Å². The van der Waals surface area contributed by atoms with E-state index in [0.29, 0.717) is 22.7 Å². The van der Waals surface area contributed by atoms with Crippen LogP contribution in [0.1, 0.15) is 0 Å². The fraction of sp³-hybridized carbons (Fsp3) is 0. The molecule has 14 N–H and O–H groups in total. The van der Waals surface area contributed by atoms with Gasteiger partial charge in [-0.1, -0.05) is 97.1 Å². The second kappa shape index (κ2) is 18.5. The first-order valence-electron chi connectivity index (χ1n) is 13.8. The molecule has 6 aromatic rings. The van der Waals surface area contributed by atoms with Gasteiger partial charge in [0.1, 0.15) is 0 Å².